The molecule has 1 aliphatic rings. The molecule has 2 heterocycles. The maximum atomic E-state index is 13.4. The third-order valence-electron chi connectivity index (χ3n) is 3.41. The Morgan fingerprint density at radius 2 is 2.05 bits per heavy atom. The molecule has 2 N–H and O–H groups in total. The van der Waals surface area contributed by atoms with Gasteiger partial charge in [0.2, 0.25) is 5.89 Å². The van der Waals surface area contributed by atoms with Gasteiger partial charge >= 0.3 is 0 Å². The molecule has 0 bridgehead atoms. The number of nitrogens with two attached hydrogens (primary N) is 1. The van der Waals surface area contributed by atoms with Gasteiger partial charge in [-0.05, 0) is 18.2 Å². The Labute approximate surface area is 140 Å². The van der Waals surface area contributed by atoms with Crippen LogP contribution in [0.4, 0.5) is 15.8 Å². The molecule has 0 spiro atoms. The quantitative estimate of drug-likeness (QED) is 0.913. The topological polar surface area (TPSA) is 71.4 Å². The lowest BCUT2D eigenvalue weighted by Gasteiger charge is -2.36. The van der Waals surface area contributed by atoms with E-state index in [1.54, 1.807) is 12.1 Å². The summed E-state index contributed by atoms with van der Waals surface area (Å²) in [6.45, 7) is 2.40. The van der Waals surface area contributed by atoms with Gasteiger partial charge in [0.05, 0.1) is 24.5 Å². The molecule has 0 saturated heterocycles. The molecular formula is C13H18Cl2FN5O. The molecule has 22 heavy (non-hydrogen) atoms. The second-order valence-corrected chi connectivity index (χ2v) is 4.78. The van der Waals surface area contributed by atoms with Crippen molar-refractivity contribution in [3.63, 3.8) is 0 Å². The molecule has 1 aliphatic heterocycles. The zero-order valence-electron chi connectivity index (χ0n) is 12.0. The van der Waals surface area contributed by atoms with Crippen LogP contribution in [0.5, 0.6) is 0 Å². The summed E-state index contributed by atoms with van der Waals surface area (Å²) in [5.41, 5.74) is 7.29. The minimum Gasteiger partial charge on any atom is -0.371 e. The Morgan fingerprint density at radius 3 is 2.73 bits per heavy atom. The number of likely N-dealkylation sites (N-methyl/N-ethyl adjacent to an activating group) is 1. The number of rotatable bonds is 3. The number of nitrogens with zero attached hydrogens (tertiary/aromatic N) is 4. The number of aromatic nitrogens is 2. The van der Waals surface area contributed by atoms with Crippen molar-refractivity contribution < 1.29 is 8.91 Å². The van der Waals surface area contributed by atoms with Crippen molar-refractivity contribution in [2.75, 3.05) is 29.9 Å². The van der Waals surface area contributed by atoms with Gasteiger partial charge in [-0.25, -0.2) is 4.39 Å². The Kier molecular flexibility index (Phi) is 6.40. The van der Waals surface area contributed by atoms with E-state index in [-0.39, 0.29) is 37.2 Å². The van der Waals surface area contributed by atoms with Crippen LogP contribution in [0.3, 0.4) is 0 Å². The van der Waals surface area contributed by atoms with E-state index in [1.807, 2.05) is 11.9 Å². The summed E-state index contributed by atoms with van der Waals surface area (Å²) in [6, 6.07) is 4.79. The third-order valence-corrected chi connectivity index (χ3v) is 3.41. The van der Waals surface area contributed by atoms with Crippen LogP contribution in [0.2, 0.25) is 0 Å². The van der Waals surface area contributed by atoms with Crippen molar-refractivity contribution in [3.8, 4) is 0 Å². The van der Waals surface area contributed by atoms with Crippen molar-refractivity contribution in [2.24, 2.45) is 5.73 Å². The van der Waals surface area contributed by atoms with Crippen LogP contribution in [0.1, 0.15) is 11.7 Å². The first-order valence-electron chi connectivity index (χ1n) is 6.44. The van der Waals surface area contributed by atoms with Gasteiger partial charge in [0.15, 0.2) is 5.82 Å². The highest BCUT2D eigenvalue weighted by atomic mass is 35.5. The Morgan fingerprint density at radius 1 is 1.27 bits per heavy atom. The fraction of sp³-hybridized carbons (Fsp3) is 0.385. The third kappa shape index (κ3) is 3.60. The zero-order valence-corrected chi connectivity index (χ0v) is 13.7. The number of hydrogen-bond acceptors (Lipinski definition) is 6. The van der Waals surface area contributed by atoms with E-state index < -0.39 is 0 Å². The molecule has 1 aromatic carbocycles. The van der Waals surface area contributed by atoms with Gasteiger partial charge in [-0.3, -0.25) is 0 Å². The molecule has 0 aliphatic carbocycles. The second-order valence-electron chi connectivity index (χ2n) is 4.78. The van der Waals surface area contributed by atoms with Crippen LogP contribution >= 0.6 is 24.8 Å². The molecule has 0 unspecified atom stereocenters. The summed E-state index contributed by atoms with van der Waals surface area (Å²) in [4.78, 5) is 8.35. The van der Waals surface area contributed by atoms with Crippen molar-refractivity contribution in [1.82, 2.24) is 10.1 Å². The molecule has 0 fully saturated rings. The molecule has 0 saturated carbocycles. The number of halogens is 3. The average molecular weight is 350 g/mol. The first kappa shape index (κ1) is 18.5. The average Bonchev–Trinajstić information content (AvgIpc) is 2.90. The lowest BCUT2D eigenvalue weighted by atomic mass is 10.1. The van der Waals surface area contributed by atoms with E-state index in [0.717, 1.165) is 24.5 Å². The molecule has 0 radical (unpaired) electrons. The van der Waals surface area contributed by atoms with Gasteiger partial charge in [-0.2, -0.15) is 4.98 Å². The van der Waals surface area contributed by atoms with Gasteiger partial charge in [0.1, 0.15) is 5.82 Å². The van der Waals surface area contributed by atoms with Crippen molar-refractivity contribution in [1.29, 1.82) is 0 Å². The predicted octanol–water partition coefficient (Wildman–Crippen LogP) is 1.97. The van der Waals surface area contributed by atoms with Gasteiger partial charge in [-0.15, -0.1) is 24.8 Å². The largest absolute Gasteiger partial charge is 0.371 e. The van der Waals surface area contributed by atoms with Crippen LogP contribution in [0, 0.1) is 5.82 Å². The van der Waals surface area contributed by atoms with E-state index in [2.05, 4.69) is 15.0 Å². The van der Waals surface area contributed by atoms with E-state index in [0.29, 0.717) is 18.3 Å². The molecule has 122 valence electrons. The van der Waals surface area contributed by atoms with Gasteiger partial charge in [0, 0.05) is 20.1 Å². The van der Waals surface area contributed by atoms with Crippen LogP contribution in [0.15, 0.2) is 22.7 Å². The maximum absolute atomic E-state index is 13.4. The highest BCUT2D eigenvalue weighted by Gasteiger charge is 2.22. The molecule has 0 amide bonds. The van der Waals surface area contributed by atoms with Gasteiger partial charge in [0.25, 0.3) is 0 Å². The van der Waals surface area contributed by atoms with Crippen LogP contribution < -0.4 is 15.5 Å². The van der Waals surface area contributed by atoms with Crippen LogP contribution in [0.25, 0.3) is 0 Å². The lowest BCUT2D eigenvalue weighted by Crippen LogP contribution is -2.39. The van der Waals surface area contributed by atoms with E-state index in [9.17, 15) is 4.39 Å². The fourth-order valence-electron chi connectivity index (χ4n) is 2.35. The molecule has 0 atom stereocenters. The van der Waals surface area contributed by atoms with Gasteiger partial charge in [-0.1, -0.05) is 5.16 Å². The summed E-state index contributed by atoms with van der Waals surface area (Å²) in [6.07, 6.45) is 0. The standard InChI is InChI=1S/C13H16FN5O.2ClH/c1-18-4-5-19(8-12-16-13(7-15)20-17-12)10-3-2-9(14)6-11(10)18;;/h2-3,6H,4-5,7-8,15H2,1H3;2*1H. The number of benzene rings is 1. The van der Waals surface area contributed by atoms with Gasteiger partial charge < -0.3 is 20.1 Å². The van der Waals surface area contributed by atoms with Crippen molar-refractivity contribution in [2.45, 2.75) is 13.1 Å². The molecule has 9 heteroatoms. The number of fused-ring (bicyclic) bond motifs is 1. The van der Waals surface area contributed by atoms with E-state index in [1.165, 1.54) is 6.07 Å². The SMILES string of the molecule is CN1CCN(Cc2noc(CN)n2)c2ccc(F)cc21.Cl.Cl. The lowest BCUT2D eigenvalue weighted by molar-refractivity contribution is 0.374. The first-order valence-corrected chi connectivity index (χ1v) is 6.44. The number of anilines is 2. The second kappa shape index (κ2) is 7.62. The summed E-state index contributed by atoms with van der Waals surface area (Å²) >= 11 is 0. The van der Waals surface area contributed by atoms with Crippen molar-refractivity contribution in [3.05, 3.63) is 35.7 Å². The summed E-state index contributed by atoms with van der Waals surface area (Å²) in [5.74, 6) is 0.779. The smallest absolute Gasteiger partial charge is 0.240 e. The van der Waals surface area contributed by atoms with Crippen LogP contribution in [-0.4, -0.2) is 30.3 Å². The highest BCUT2D eigenvalue weighted by molar-refractivity contribution is 5.85. The minimum atomic E-state index is -0.234. The monoisotopic (exact) mass is 349 g/mol. The molecule has 6 nitrogen and oxygen atoms in total. The normalized spacial score (nSPS) is 13.2. The van der Waals surface area contributed by atoms with E-state index >= 15 is 0 Å². The fourth-order valence-corrected chi connectivity index (χ4v) is 2.35. The first-order chi connectivity index (χ1) is 9.67. The minimum absolute atomic E-state index is 0. The zero-order chi connectivity index (χ0) is 14.1. The summed E-state index contributed by atoms with van der Waals surface area (Å²) in [7, 11) is 1.95. The van der Waals surface area contributed by atoms with E-state index in [4.69, 9.17) is 10.3 Å². The predicted molar refractivity (Wildman–Crippen MR) is 87.4 cm³/mol. The van der Waals surface area contributed by atoms with Crippen LogP contribution in [-0.2, 0) is 13.1 Å². The Bertz CT molecular complexity index is 624. The molecule has 2 aromatic rings. The Hall–Kier alpha value is -1.57. The molecule has 3 rings (SSSR count). The Balaban J connectivity index is 0.00000121. The number of hydrogen-bond donors (Lipinski definition) is 1. The summed E-state index contributed by atoms with van der Waals surface area (Å²) in [5, 5.41) is 3.90. The summed E-state index contributed by atoms with van der Waals surface area (Å²) < 4.78 is 18.4. The highest BCUT2D eigenvalue weighted by Crippen LogP contribution is 2.33. The molecular weight excluding hydrogens is 332 g/mol. The molecule has 1 aromatic heterocycles. The van der Waals surface area contributed by atoms with Crippen molar-refractivity contribution >= 4 is 36.2 Å². The maximum Gasteiger partial charge on any atom is 0.240 e.